The fraction of sp³-hybridized carbons (Fsp3) is 0.467. The van der Waals surface area contributed by atoms with Gasteiger partial charge in [-0.15, -0.1) is 0 Å². The summed E-state index contributed by atoms with van der Waals surface area (Å²) in [6, 6.07) is 4.98. The van der Waals surface area contributed by atoms with Crippen LogP contribution in [-0.2, 0) is 16.0 Å². The van der Waals surface area contributed by atoms with Crippen molar-refractivity contribution >= 4 is 11.8 Å². The van der Waals surface area contributed by atoms with Crippen LogP contribution in [-0.4, -0.2) is 24.8 Å². The summed E-state index contributed by atoms with van der Waals surface area (Å²) in [5.74, 6) is -1.93. The molecule has 0 radical (unpaired) electrons. The summed E-state index contributed by atoms with van der Waals surface area (Å²) in [5, 5.41) is 0. The molecule has 0 aromatic heterocycles. The molecule has 108 valence electrons. The Hall–Kier alpha value is -1.78. The van der Waals surface area contributed by atoms with Gasteiger partial charge >= 0.3 is 5.97 Å². The Morgan fingerprint density at radius 1 is 1.45 bits per heavy atom. The molecule has 5 heteroatoms. The molecule has 0 spiro atoms. The topological polar surface area (TPSA) is 43.4 Å². The third-order valence-electron chi connectivity index (χ3n) is 3.63. The number of hydrogen-bond donors (Lipinski definition) is 0. The zero-order chi connectivity index (χ0) is 14.9. The maximum absolute atomic E-state index is 13.5. The fourth-order valence-corrected chi connectivity index (χ4v) is 2.56. The number of aryl methyl sites for hydroxylation is 1. The Kier molecular flexibility index (Phi) is 3.88. The first-order valence-electron chi connectivity index (χ1n) is 6.53. The zero-order valence-corrected chi connectivity index (χ0v) is 11.4. The minimum absolute atomic E-state index is 0.0376. The van der Waals surface area contributed by atoms with Crippen LogP contribution < -0.4 is 0 Å². The van der Waals surface area contributed by atoms with E-state index in [9.17, 15) is 18.4 Å². The minimum atomic E-state index is -3.08. The summed E-state index contributed by atoms with van der Waals surface area (Å²) < 4.78 is 31.8. The smallest absolute Gasteiger partial charge is 0.326 e. The Bertz CT molecular complexity index is 554. The van der Waals surface area contributed by atoms with Gasteiger partial charge in [-0.2, -0.15) is 0 Å². The molecule has 1 aliphatic rings. The molecule has 1 atom stereocenters. The molecule has 1 aliphatic carbocycles. The largest absolute Gasteiger partial charge is 0.465 e. The number of halogens is 2. The van der Waals surface area contributed by atoms with E-state index in [1.807, 2.05) is 0 Å². The SMILES string of the molecule is CCCOC(=O)C1(C(F)F)Cc2cccc(C)c2C1=O. The molecule has 3 nitrogen and oxygen atoms in total. The van der Waals surface area contributed by atoms with Crippen molar-refractivity contribution in [1.82, 2.24) is 0 Å². The van der Waals surface area contributed by atoms with E-state index in [1.54, 1.807) is 32.0 Å². The van der Waals surface area contributed by atoms with Crippen molar-refractivity contribution in [2.45, 2.75) is 33.1 Å². The van der Waals surface area contributed by atoms with E-state index in [1.165, 1.54) is 0 Å². The third-order valence-corrected chi connectivity index (χ3v) is 3.63. The normalized spacial score (nSPS) is 21.1. The summed E-state index contributed by atoms with van der Waals surface area (Å²) in [6.07, 6.45) is -2.85. The molecular weight excluding hydrogens is 266 g/mol. The molecule has 0 fully saturated rings. The van der Waals surface area contributed by atoms with Gasteiger partial charge in [0, 0.05) is 12.0 Å². The number of rotatable bonds is 4. The van der Waals surface area contributed by atoms with Crippen LogP contribution in [0.4, 0.5) is 8.78 Å². The van der Waals surface area contributed by atoms with E-state index in [0.29, 0.717) is 17.5 Å². The molecule has 2 rings (SSSR count). The van der Waals surface area contributed by atoms with Gasteiger partial charge in [-0.3, -0.25) is 9.59 Å². The number of benzene rings is 1. The average Bonchev–Trinajstić information content (AvgIpc) is 2.71. The summed E-state index contributed by atoms with van der Waals surface area (Å²) >= 11 is 0. The number of hydrogen-bond acceptors (Lipinski definition) is 3. The van der Waals surface area contributed by atoms with Crippen LogP contribution >= 0.6 is 0 Å². The van der Waals surface area contributed by atoms with Crippen LogP contribution in [0.2, 0.25) is 0 Å². The number of Topliss-reactive ketones (excluding diaryl/α,β-unsaturated/α-hetero) is 1. The number of carbonyl (C=O) groups is 2. The van der Waals surface area contributed by atoms with Gasteiger partial charge in [0.1, 0.15) is 0 Å². The van der Waals surface area contributed by atoms with Crippen LogP contribution in [0.3, 0.4) is 0 Å². The van der Waals surface area contributed by atoms with E-state index in [-0.39, 0.29) is 18.6 Å². The van der Waals surface area contributed by atoms with Crippen LogP contribution in [0.25, 0.3) is 0 Å². The van der Waals surface area contributed by atoms with Crippen molar-refractivity contribution in [3.63, 3.8) is 0 Å². The van der Waals surface area contributed by atoms with Gasteiger partial charge < -0.3 is 4.74 Å². The lowest BCUT2D eigenvalue weighted by Gasteiger charge is -2.24. The van der Waals surface area contributed by atoms with Gasteiger partial charge in [-0.05, 0) is 24.5 Å². The molecule has 0 saturated carbocycles. The number of alkyl halides is 2. The van der Waals surface area contributed by atoms with E-state index in [0.717, 1.165) is 0 Å². The Labute approximate surface area is 115 Å². The highest BCUT2D eigenvalue weighted by molar-refractivity contribution is 6.17. The summed E-state index contributed by atoms with van der Waals surface area (Å²) in [6.45, 7) is 3.48. The van der Waals surface area contributed by atoms with Crippen molar-refractivity contribution in [2.75, 3.05) is 6.61 Å². The zero-order valence-electron chi connectivity index (χ0n) is 11.4. The minimum Gasteiger partial charge on any atom is -0.465 e. The number of ether oxygens (including phenoxy) is 1. The Balaban J connectivity index is 2.46. The van der Waals surface area contributed by atoms with Gasteiger partial charge in [-0.1, -0.05) is 25.1 Å². The van der Waals surface area contributed by atoms with Crippen molar-refractivity contribution in [3.8, 4) is 0 Å². The molecular formula is C15H16F2O3. The molecule has 0 saturated heterocycles. The van der Waals surface area contributed by atoms with Gasteiger partial charge in [-0.25, -0.2) is 8.78 Å². The molecule has 1 aromatic rings. The van der Waals surface area contributed by atoms with E-state index < -0.39 is 23.6 Å². The van der Waals surface area contributed by atoms with Gasteiger partial charge in [0.05, 0.1) is 6.61 Å². The molecule has 0 amide bonds. The van der Waals surface area contributed by atoms with Crippen molar-refractivity contribution in [2.24, 2.45) is 5.41 Å². The van der Waals surface area contributed by atoms with Crippen molar-refractivity contribution < 1.29 is 23.1 Å². The summed E-state index contributed by atoms with van der Waals surface area (Å²) in [5.41, 5.74) is -1.04. The second-order valence-corrected chi connectivity index (χ2v) is 5.02. The van der Waals surface area contributed by atoms with E-state index >= 15 is 0 Å². The highest BCUT2D eigenvalue weighted by atomic mass is 19.3. The fourth-order valence-electron chi connectivity index (χ4n) is 2.56. The van der Waals surface area contributed by atoms with Crippen LogP contribution in [0, 0.1) is 12.3 Å². The molecule has 0 aliphatic heterocycles. The molecule has 0 bridgehead atoms. The lowest BCUT2D eigenvalue weighted by Crippen LogP contribution is -2.45. The average molecular weight is 282 g/mol. The van der Waals surface area contributed by atoms with Crippen LogP contribution in [0.15, 0.2) is 18.2 Å². The maximum Gasteiger partial charge on any atom is 0.326 e. The molecule has 20 heavy (non-hydrogen) atoms. The molecule has 1 aromatic carbocycles. The Morgan fingerprint density at radius 3 is 2.70 bits per heavy atom. The van der Waals surface area contributed by atoms with Crippen molar-refractivity contribution in [1.29, 1.82) is 0 Å². The highest BCUT2D eigenvalue weighted by Gasteiger charge is 2.59. The summed E-state index contributed by atoms with van der Waals surface area (Å²) in [4.78, 5) is 24.4. The molecule has 1 unspecified atom stereocenters. The quantitative estimate of drug-likeness (QED) is 0.630. The Morgan fingerprint density at radius 2 is 2.15 bits per heavy atom. The second kappa shape index (κ2) is 5.31. The lowest BCUT2D eigenvalue weighted by molar-refractivity contribution is -0.160. The number of ketones is 1. The number of carbonyl (C=O) groups excluding carboxylic acids is 2. The first-order valence-corrected chi connectivity index (χ1v) is 6.53. The predicted octanol–water partition coefficient (Wildman–Crippen LogP) is 2.94. The predicted molar refractivity (Wildman–Crippen MR) is 68.9 cm³/mol. The lowest BCUT2D eigenvalue weighted by atomic mass is 9.84. The van der Waals surface area contributed by atoms with Gasteiger partial charge in [0.2, 0.25) is 0 Å². The standard InChI is InChI=1S/C15H16F2O3/c1-3-7-20-14(19)15(13(16)17)8-10-6-4-5-9(2)11(10)12(15)18/h4-6,13H,3,7-8H2,1-2H3. The number of fused-ring (bicyclic) bond motifs is 1. The first-order chi connectivity index (χ1) is 9.45. The van der Waals surface area contributed by atoms with Crippen LogP contribution in [0.5, 0.6) is 0 Å². The van der Waals surface area contributed by atoms with E-state index in [2.05, 4.69) is 0 Å². The molecule has 0 N–H and O–H groups in total. The van der Waals surface area contributed by atoms with Gasteiger partial charge in [0.15, 0.2) is 11.2 Å². The first kappa shape index (κ1) is 14.6. The monoisotopic (exact) mass is 282 g/mol. The third kappa shape index (κ3) is 2.01. The number of esters is 1. The summed E-state index contributed by atoms with van der Waals surface area (Å²) in [7, 11) is 0. The molecule has 0 heterocycles. The second-order valence-electron chi connectivity index (χ2n) is 5.02. The van der Waals surface area contributed by atoms with E-state index in [4.69, 9.17) is 4.74 Å². The van der Waals surface area contributed by atoms with Gasteiger partial charge in [0.25, 0.3) is 6.43 Å². The van der Waals surface area contributed by atoms with Crippen LogP contribution in [0.1, 0.15) is 34.8 Å². The maximum atomic E-state index is 13.5. The highest BCUT2D eigenvalue weighted by Crippen LogP contribution is 2.43. The van der Waals surface area contributed by atoms with Crippen molar-refractivity contribution in [3.05, 3.63) is 34.9 Å².